The minimum absolute atomic E-state index is 0.0271. The summed E-state index contributed by atoms with van der Waals surface area (Å²) in [7, 11) is -4.91. The van der Waals surface area contributed by atoms with Crippen molar-refractivity contribution in [1.82, 2.24) is 9.97 Å². The molecule has 0 aliphatic rings. The Morgan fingerprint density at radius 3 is 2.35 bits per heavy atom. The molecule has 0 aliphatic carbocycles. The fraction of sp³-hybridized carbons (Fsp3) is 0.200. The van der Waals surface area contributed by atoms with Crippen molar-refractivity contribution in [2.75, 3.05) is 0 Å². The molecule has 5 nitrogen and oxygen atoms in total. The van der Waals surface area contributed by atoms with Gasteiger partial charge in [-0.3, -0.25) is 0 Å². The quantitative estimate of drug-likeness (QED) is 0.768. The van der Waals surface area contributed by atoms with Gasteiger partial charge in [0.2, 0.25) is 0 Å². The molecular weight excluding hydrogens is 247 g/mol. The van der Waals surface area contributed by atoms with Gasteiger partial charge in [-0.05, 0) is 26.0 Å². The van der Waals surface area contributed by atoms with Crippen molar-refractivity contribution in [3.63, 3.8) is 0 Å². The van der Waals surface area contributed by atoms with E-state index in [4.69, 9.17) is 0 Å². The summed E-state index contributed by atoms with van der Waals surface area (Å²) < 4.78 is 39.2. The zero-order valence-electron chi connectivity index (χ0n) is 9.14. The summed E-state index contributed by atoms with van der Waals surface area (Å²) >= 11 is 0. The van der Waals surface area contributed by atoms with E-state index in [2.05, 4.69) is 14.4 Å². The largest absolute Gasteiger partial charge is 0.450 e. The zero-order chi connectivity index (χ0) is 12.6. The number of aryl methyl sites for hydroxylation is 2. The minimum atomic E-state index is -4.91. The van der Waals surface area contributed by atoms with E-state index < -0.39 is 15.3 Å². The lowest BCUT2D eigenvalue weighted by Crippen LogP contribution is -1.98. The molecule has 2 aromatic heterocycles. The number of hydrogen-bond donors (Lipinski definition) is 0. The van der Waals surface area contributed by atoms with Gasteiger partial charge in [0, 0.05) is 11.4 Å². The molecule has 2 aromatic rings. The smallest absolute Gasteiger partial charge is 0.366 e. The highest BCUT2D eigenvalue weighted by Crippen LogP contribution is 2.27. The molecule has 2 rings (SSSR count). The van der Waals surface area contributed by atoms with Crippen LogP contribution in [0.3, 0.4) is 0 Å². The predicted octanol–water partition coefficient (Wildman–Crippen LogP) is 2.01. The van der Waals surface area contributed by atoms with E-state index >= 15 is 0 Å². The molecule has 90 valence electrons. The van der Waals surface area contributed by atoms with Crippen LogP contribution in [0.1, 0.15) is 11.4 Å². The van der Waals surface area contributed by atoms with Crippen LogP contribution >= 0.6 is 0 Å². The zero-order valence-corrected chi connectivity index (χ0v) is 9.95. The van der Waals surface area contributed by atoms with Crippen LogP contribution in [0.25, 0.3) is 11.4 Å². The standard InChI is InChI=1S/C10H9FN2O3S/c1-6-5-7(2)13-9(12-6)8-3-4-16-10(8)17(11,14)15/h3-5H,1-2H3. The maximum Gasteiger partial charge on any atom is 0.366 e. The van der Waals surface area contributed by atoms with Crippen LogP contribution < -0.4 is 0 Å². The van der Waals surface area contributed by atoms with Crippen LogP contribution in [0, 0.1) is 13.8 Å². The Labute approximate surface area is 97.5 Å². The molecule has 0 bridgehead atoms. The van der Waals surface area contributed by atoms with E-state index in [1.165, 1.54) is 6.07 Å². The molecule has 2 heterocycles. The highest BCUT2D eigenvalue weighted by molar-refractivity contribution is 7.86. The number of halogens is 1. The van der Waals surface area contributed by atoms with Crippen molar-refractivity contribution in [1.29, 1.82) is 0 Å². The van der Waals surface area contributed by atoms with Crippen molar-refractivity contribution in [2.45, 2.75) is 18.9 Å². The minimum Gasteiger partial charge on any atom is -0.450 e. The number of rotatable bonds is 2. The molecule has 0 atom stereocenters. The monoisotopic (exact) mass is 256 g/mol. The molecule has 0 fully saturated rings. The molecule has 7 heteroatoms. The Bertz CT molecular complexity index is 644. The first-order chi connectivity index (χ1) is 7.88. The second kappa shape index (κ2) is 3.92. The predicted molar refractivity (Wildman–Crippen MR) is 57.5 cm³/mol. The van der Waals surface area contributed by atoms with E-state index in [1.54, 1.807) is 19.9 Å². The molecule has 0 spiro atoms. The molecule has 0 aliphatic heterocycles. The second-order valence-corrected chi connectivity index (χ2v) is 4.78. The summed E-state index contributed by atoms with van der Waals surface area (Å²) in [6.07, 6.45) is 1.09. The summed E-state index contributed by atoms with van der Waals surface area (Å²) in [5.41, 5.74) is 1.35. The van der Waals surface area contributed by atoms with Crippen LogP contribution in [0.2, 0.25) is 0 Å². The molecule has 0 amide bonds. The summed E-state index contributed by atoms with van der Waals surface area (Å²) in [6.45, 7) is 3.48. The number of nitrogens with zero attached hydrogens (tertiary/aromatic N) is 2. The Hall–Kier alpha value is -1.76. The van der Waals surface area contributed by atoms with Gasteiger partial charge >= 0.3 is 10.2 Å². The fourth-order valence-corrected chi connectivity index (χ4v) is 2.09. The highest BCUT2D eigenvalue weighted by atomic mass is 32.3. The van der Waals surface area contributed by atoms with E-state index in [0.29, 0.717) is 11.4 Å². The molecular formula is C10H9FN2O3S. The van der Waals surface area contributed by atoms with Crippen LogP contribution in [0.15, 0.2) is 27.9 Å². The Balaban J connectivity index is 2.66. The first-order valence-corrected chi connectivity index (χ1v) is 6.11. The van der Waals surface area contributed by atoms with Gasteiger partial charge in [0.15, 0.2) is 5.82 Å². The summed E-state index contributed by atoms with van der Waals surface area (Å²) in [6, 6.07) is 3.05. The number of aromatic nitrogens is 2. The third kappa shape index (κ3) is 2.33. The van der Waals surface area contributed by atoms with Gasteiger partial charge in [0.25, 0.3) is 5.09 Å². The lowest BCUT2D eigenvalue weighted by Gasteiger charge is -2.01. The fourth-order valence-electron chi connectivity index (χ4n) is 1.50. The van der Waals surface area contributed by atoms with Crippen LogP contribution in [-0.2, 0) is 10.2 Å². The lowest BCUT2D eigenvalue weighted by molar-refractivity contribution is 0.436. The van der Waals surface area contributed by atoms with Crippen LogP contribution in [0.4, 0.5) is 3.89 Å². The lowest BCUT2D eigenvalue weighted by atomic mass is 10.3. The summed E-state index contributed by atoms with van der Waals surface area (Å²) in [5, 5.41) is -0.762. The first kappa shape index (κ1) is 11.7. The van der Waals surface area contributed by atoms with Gasteiger partial charge in [-0.25, -0.2) is 9.97 Å². The maximum absolute atomic E-state index is 12.9. The highest BCUT2D eigenvalue weighted by Gasteiger charge is 2.24. The summed E-state index contributed by atoms with van der Waals surface area (Å²) in [4.78, 5) is 8.10. The topological polar surface area (TPSA) is 73.1 Å². The van der Waals surface area contributed by atoms with Crippen molar-refractivity contribution in [2.24, 2.45) is 0 Å². The molecule has 0 unspecified atom stereocenters. The van der Waals surface area contributed by atoms with E-state index in [1.807, 2.05) is 0 Å². The van der Waals surface area contributed by atoms with Crippen molar-refractivity contribution in [3.8, 4) is 11.4 Å². The van der Waals surface area contributed by atoms with Crippen LogP contribution in [0.5, 0.6) is 0 Å². The average Bonchev–Trinajstić information content (AvgIpc) is 2.63. The SMILES string of the molecule is Cc1cc(C)nc(-c2ccoc2S(=O)(=O)F)n1. The third-order valence-corrected chi connectivity index (χ3v) is 2.83. The molecule has 0 aromatic carbocycles. The molecule has 0 N–H and O–H groups in total. The third-order valence-electron chi connectivity index (χ3n) is 2.07. The first-order valence-electron chi connectivity index (χ1n) is 4.73. The van der Waals surface area contributed by atoms with Gasteiger partial charge in [-0.2, -0.15) is 8.42 Å². The Morgan fingerprint density at radius 1 is 1.24 bits per heavy atom. The molecule has 0 radical (unpaired) electrons. The Morgan fingerprint density at radius 2 is 1.82 bits per heavy atom. The van der Waals surface area contributed by atoms with E-state index in [0.717, 1.165) is 6.26 Å². The molecule has 0 saturated carbocycles. The van der Waals surface area contributed by atoms with Crippen molar-refractivity contribution >= 4 is 10.2 Å². The van der Waals surface area contributed by atoms with Crippen LogP contribution in [-0.4, -0.2) is 18.4 Å². The van der Waals surface area contributed by atoms with Gasteiger partial charge in [0.1, 0.15) is 0 Å². The van der Waals surface area contributed by atoms with Gasteiger partial charge in [-0.15, -0.1) is 0 Å². The van der Waals surface area contributed by atoms with Gasteiger partial charge < -0.3 is 4.42 Å². The second-order valence-electron chi connectivity index (χ2n) is 3.53. The van der Waals surface area contributed by atoms with E-state index in [-0.39, 0.29) is 11.4 Å². The Kier molecular flexibility index (Phi) is 2.70. The van der Waals surface area contributed by atoms with Gasteiger partial charge in [0.05, 0.1) is 11.8 Å². The normalized spacial score (nSPS) is 11.7. The van der Waals surface area contributed by atoms with Gasteiger partial charge in [-0.1, -0.05) is 3.89 Å². The van der Waals surface area contributed by atoms with E-state index in [9.17, 15) is 12.3 Å². The average molecular weight is 256 g/mol. The number of hydrogen-bond acceptors (Lipinski definition) is 5. The summed E-state index contributed by atoms with van der Waals surface area (Å²) in [5.74, 6) is 0.132. The number of furan rings is 1. The van der Waals surface area contributed by atoms with Crippen molar-refractivity contribution in [3.05, 3.63) is 29.8 Å². The molecule has 0 saturated heterocycles. The molecule has 17 heavy (non-hydrogen) atoms. The maximum atomic E-state index is 12.9. The van der Waals surface area contributed by atoms with Crippen molar-refractivity contribution < 1.29 is 16.7 Å².